The maximum absolute atomic E-state index is 13.2. The summed E-state index contributed by atoms with van der Waals surface area (Å²) in [6, 6.07) is 6.50. The lowest BCUT2D eigenvalue weighted by molar-refractivity contribution is -0.142. The second-order valence-corrected chi connectivity index (χ2v) is 7.77. The van der Waals surface area contributed by atoms with Gasteiger partial charge in [-0.05, 0) is 24.1 Å². The van der Waals surface area contributed by atoms with E-state index in [4.69, 9.17) is 0 Å². The van der Waals surface area contributed by atoms with Crippen molar-refractivity contribution in [3.63, 3.8) is 0 Å². The molecular weight excluding hydrogens is 361 g/mol. The Morgan fingerprint density at radius 2 is 2.00 bits per heavy atom. The maximum Gasteiger partial charge on any atom is 0.246 e. The zero-order valence-electron chi connectivity index (χ0n) is 16.1. The molecule has 0 N–H and O–H groups in total. The molecule has 3 heterocycles. The number of carbonyl (C=O) groups excluding carboxylic acids is 2. The average Bonchev–Trinajstić information content (AvgIpc) is 3.26. The zero-order valence-corrected chi connectivity index (χ0v) is 16.1. The number of amides is 2. The molecule has 2 saturated heterocycles. The van der Waals surface area contributed by atoms with Crippen molar-refractivity contribution in [3.8, 4) is 0 Å². The molecule has 1 aromatic heterocycles. The number of anilines is 1. The minimum atomic E-state index is -0.421. The molecule has 2 fully saturated rings. The number of rotatable bonds is 3. The molecule has 2 aliphatic heterocycles. The van der Waals surface area contributed by atoms with Gasteiger partial charge in [-0.2, -0.15) is 5.10 Å². The summed E-state index contributed by atoms with van der Waals surface area (Å²) in [5, 5.41) is 4.17. The van der Waals surface area contributed by atoms with Gasteiger partial charge in [-0.3, -0.25) is 19.2 Å². The highest BCUT2D eigenvalue weighted by atomic mass is 19.1. The first kappa shape index (κ1) is 18.6. The highest BCUT2D eigenvalue weighted by molar-refractivity contribution is 5.98. The summed E-state index contributed by atoms with van der Waals surface area (Å²) in [5.41, 5.74) is 1.37. The first-order chi connectivity index (χ1) is 13.4. The normalized spacial score (nSPS) is 23.0. The fourth-order valence-electron chi connectivity index (χ4n) is 4.36. The summed E-state index contributed by atoms with van der Waals surface area (Å²) in [7, 11) is 1.82. The first-order valence-electron chi connectivity index (χ1n) is 9.40. The second-order valence-electron chi connectivity index (χ2n) is 7.77. The van der Waals surface area contributed by atoms with Crippen LogP contribution in [0.3, 0.4) is 0 Å². The zero-order chi connectivity index (χ0) is 19.9. The van der Waals surface area contributed by atoms with Gasteiger partial charge in [0, 0.05) is 39.8 Å². The van der Waals surface area contributed by atoms with E-state index in [1.807, 2.05) is 13.2 Å². The molecule has 1 atom stereocenters. The highest BCUT2D eigenvalue weighted by Crippen LogP contribution is 2.35. The fourth-order valence-corrected chi connectivity index (χ4v) is 4.36. The summed E-state index contributed by atoms with van der Waals surface area (Å²) in [6.45, 7) is 4.24. The number of aryl methyl sites for hydroxylation is 1. The molecule has 0 saturated carbocycles. The number of hydrogen-bond acceptors (Lipinski definition) is 4. The minimum absolute atomic E-state index is 0.0780. The quantitative estimate of drug-likeness (QED) is 0.801. The number of halogens is 1. The Balaban J connectivity index is 1.56. The number of piperazine rings is 1. The summed E-state index contributed by atoms with van der Waals surface area (Å²) >= 11 is 0. The van der Waals surface area contributed by atoms with Gasteiger partial charge in [0.2, 0.25) is 11.8 Å². The van der Waals surface area contributed by atoms with Gasteiger partial charge >= 0.3 is 0 Å². The lowest BCUT2D eigenvalue weighted by atomic mass is 9.92. The molecule has 0 radical (unpaired) electrons. The van der Waals surface area contributed by atoms with E-state index in [9.17, 15) is 14.0 Å². The molecule has 1 unspecified atom stereocenters. The molecular formula is C20H24FN5O2. The summed E-state index contributed by atoms with van der Waals surface area (Å²) < 4.78 is 14.8. The van der Waals surface area contributed by atoms with E-state index >= 15 is 0 Å². The van der Waals surface area contributed by atoms with Crippen LogP contribution in [0.4, 0.5) is 10.1 Å². The van der Waals surface area contributed by atoms with Gasteiger partial charge in [0.1, 0.15) is 12.4 Å². The van der Waals surface area contributed by atoms with Crippen LogP contribution in [0.15, 0.2) is 36.7 Å². The number of hydrogen-bond donors (Lipinski definition) is 0. The fraction of sp³-hybridized carbons (Fsp3) is 0.450. The van der Waals surface area contributed by atoms with Crippen molar-refractivity contribution in [2.75, 3.05) is 31.1 Å². The molecule has 2 aliphatic rings. The van der Waals surface area contributed by atoms with Crippen LogP contribution in [0.2, 0.25) is 0 Å². The van der Waals surface area contributed by atoms with E-state index < -0.39 is 5.54 Å². The van der Waals surface area contributed by atoms with Gasteiger partial charge in [0.25, 0.3) is 0 Å². The van der Waals surface area contributed by atoms with Gasteiger partial charge in [-0.15, -0.1) is 0 Å². The van der Waals surface area contributed by atoms with Crippen molar-refractivity contribution < 1.29 is 14.0 Å². The van der Waals surface area contributed by atoms with Crippen LogP contribution >= 0.6 is 0 Å². The largest absolute Gasteiger partial charge is 0.325 e. The van der Waals surface area contributed by atoms with Gasteiger partial charge in [0.15, 0.2) is 0 Å². The molecule has 7 nitrogen and oxygen atoms in total. The Bertz CT molecular complexity index is 896. The topological polar surface area (TPSA) is 61.7 Å². The van der Waals surface area contributed by atoms with Crippen LogP contribution in [0.1, 0.15) is 18.9 Å². The molecule has 2 aromatic rings. The van der Waals surface area contributed by atoms with Gasteiger partial charge in [-0.1, -0.05) is 12.1 Å². The molecule has 1 aromatic carbocycles. The Kier molecular flexibility index (Phi) is 4.66. The van der Waals surface area contributed by atoms with Crippen molar-refractivity contribution in [2.24, 2.45) is 7.05 Å². The Morgan fingerprint density at radius 3 is 2.64 bits per heavy atom. The standard InChI is InChI=1S/C20H24FN5O2/c1-15(27)26-12-19(28)25(18-9-22-23(2)11-18)14-20(26)7-8-24(13-20)10-16-3-5-17(21)6-4-16/h3-6,9,11H,7-8,10,12-14H2,1-2H3. The average molecular weight is 385 g/mol. The van der Waals surface area contributed by atoms with Crippen LogP contribution in [-0.2, 0) is 23.2 Å². The third-order valence-corrected chi connectivity index (χ3v) is 5.73. The SMILES string of the molecule is CC(=O)N1CC(=O)N(c2cnn(C)c2)CC12CCN(Cc1ccc(F)cc1)C2. The smallest absolute Gasteiger partial charge is 0.246 e. The maximum atomic E-state index is 13.2. The third kappa shape index (κ3) is 3.40. The Morgan fingerprint density at radius 1 is 1.25 bits per heavy atom. The first-order valence-corrected chi connectivity index (χ1v) is 9.40. The number of benzene rings is 1. The van der Waals surface area contributed by atoms with Gasteiger partial charge < -0.3 is 9.80 Å². The van der Waals surface area contributed by atoms with E-state index in [0.717, 1.165) is 24.2 Å². The van der Waals surface area contributed by atoms with Gasteiger partial charge in [-0.25, -0.2) is 4.39 Å². The number of nitrogens with zero attached hydrogens (tertiary/aromatic N) is 5. The molecule has 1 spiro atoms. The summed E-state index contributed by atoms with van der Waals surface area (Å²) in [6.07, 6.45) is 4.29. The lowest BCUT2D eigenvalue weighted by Crippen LogP contribution is -2.66. The van der Waals surface area contributed by atoms with Crippen molar-refractivity contribution in [2.45, 2.75) is 25.4 Å². The number of likely N-dealkylation sites (tertiary alicyclic amines) is 1. The number of aromatic nitrogens is 2. The summed E-state index contributed by atoms with van der Waals surface area (Å²) in [5.74, 6) is -0.420. The monoisotopic (exact) mass is 385 g/mol. The second kappa shape index (κ2) is 7.01. The van der Waals surface area contributed by atoms with Gasteiger partial charge in [0.05, 0.1) is 24.0 Å². The van der Waals surface area contributed by atoms with Crippen LogP contribution in [0.25, 0.3) is 0 Å². The molecule has 2 amide bonds. The third-order valence-electron chi connectivity index (χ3n) is 5.73. The Labute approximate surface area is 163 Å². The number of carbonyl (C=O) groups is 2. The Hall–Kier alpha value is -2.74. The highest BCUT2D eigenvalue weighted by Gasteiger charge is 2.50. The van der Waals surface area contributed by atoms with Crippen molar-refractivity contribution in [1.29, 1.82) is 0 Å². The van der Waals surface area contributed by atoms with Crippen LogP contribution in [0, 0.1) is 5.82 Å². The molecule has 0 bridgehead atoms. The molecule has 0 aliphatic carbocycles. The van der Waals surface area contributed by atoms with Crippen molar-refractivity contribution >= 4 is 17.5 Å². The summed E-state index contributed by atoms with van der Waals surface area (Å²) in [4.78, 5) is 30.8. The van der Waals surface area contributed by atoms with E-state index in [-0.39, 0.29) is 24.2 Å². The van der Waals surface area contributed by atoms with E-state index in [2.05, 4.69) is 10.00 Å². The van der Waals surface area contributed by atoms with Crippen LogP contribution in [-0.4, -0.2) is 63.1 Å². The molecule has 28 heavy (non-hydrogen) atoms. The predicted octanol–water partition coefficient (Wildman–Crippen LogP) is 1.40. The van der Waals surface area contributed by atoms with E-state index in [1.54, 1.807) is 32.8 Å². The molecule has 4 rings (SSSR count). The van der Waals surface area contributed by atoms with E-state index in [1.165, 1.54) is 19.1 Å². The van der Waals surface area contributed by atoms with Crippen LogP contribution < -0.4 is 4.90 Å². The lowest BCUT2D eigenvalue weighted by Gasteiger charge is -2.48. The van der Waals surface area contributed by atoms with Crippen molar-refractivity contribution in [3.05, 3.63) is 48.0 Å². The minimum Gasteiger partial charge on any atom is -0.325 e. The van der Waals surface area contributed by atoms with Crippen molar-refractivity contribution in [1.82, 2.24) is 19.6 Å². The van der Waals surface area contributed by atoms with E-state index in [0.29, 0.717) is 19.6 Å². The molecule has 8 heteroatoms. The molecule has 148 valence electrons. The predicted molar refractivity (Wildman–Crippen MR) is 102 cm³/mol. The van der Waals surface area contributed by atoms with Crippen LogP contribution in [0.5, 0.6) is 0 Å².